The van der Waals surface area contributed by atoms with Crippen molar-refractivity contribution < 1.29 is 19.5 Å². The molecule has 1 aromatic rings. The summed E-state index contributed by atoms with van der Waals surface area (Å²) in [6.45, 7) is 3.92. The lowest BCUT2D eigenvalue weighted by molar-refractivity contribution is -0.143. The van der Waals surface area contributed by atoms with Crippen molar-refractivity contribution in [3.8, 4) is 0 Å². The van der Waals surface area contributed by atoms with Gasteiger partial charge in [0.2, 0.25) is 17.7 Å². The summed E-state index contributed by atoms with van der Waals surface area (Å²) in [5.41, 5.74) is -0.740. The molecule has 1 atom stereocenters. The minimum Gasteiger partial charge on any atom is -0.395 e. The van der Waals surface area contributed by atoms with Crippen LogP contribution in [0.25, 0.3) is 0 Å². The molecule has 31 heavy (non-hydrogen) atoms. The molecule has 2 aliphatic heterocycles. The highest BCUT2D eigenvalue weighted by Crippen LogP contribution is 2.43. The van der Waals surface area contributed by atoms with Gasteiger partial charge in [0.15, 0.2) is 0 Å². The number of likely N-dealkylation sites (tertiary alicyclic amines) is 1. The van der Waals surface area contributed by atoms with Gasteiger partial charge in [-0.1, -0.05) is 29.8 Å². The highest BCUT2D eigenvalue weighted by molar-refractivity contribution is 6.32. The van der Waals surface area contributed by atoms with Gasteiger partial charge < -0.3 is 14.9 Å². The summed E-state index contributed by atoms with van der Waals surface area (Å²) in [5.74, 6) is -0.772. The SMILES string of the molecule is CN(C)CCN1C(=O)CC(CC(=O)N2CCN(CCO)CC2)(c2ccccc2Cl)C1=O. The molecule has 3 amide bonds. The molecule has 9 heteroatoms. The van der Waals surface area contributed by atoms with E-state index in [1.165, 1.54) is 4.90 Å². The van der Waals surface area contributed by atoms with Crippen molar-refractivity contribution in [2.75, 3.05) is 66.5 Å². The molecule has 0 spiro atoms. The second kappa shape index (κ2) is 10.1. The number of imide groups is 1. The molecule has 2 heterocycles. The third-order valence-corrected chi connectivity index (χ3v) is 6.49. The van der Waals surface area contributed by atoms with Crippen LogP contribution in [0.4, 0.5) is 0 Å². The maximum atomic E-state index is 13.6. The number of amides is 3. The lowest BCUT2D eigenvalue weighted by Gasteiger charge is -2.36. The number of benzene rings is 1. The summed E-state index contributed by atoms with van der Waals surface area (Å²) in [6.07, 6.45) is -0.140. The second-order valence-electron chi connectivity index (χ2n) is 8.52. The van der Waals surface area contributed by atoms with Gasteiger partial charge in [-0.15, -0.1) is 0 Å². The molecule has 0 radical (unpaired) electrons. The average Bonchev–Trinajstić information content (AvgIpc) is 2.97. The molecule has 0 aliphatic carbocycles. The van der Waals surface area contributed by atoms with Crippen LogP contribution in [0.2, 0.25) is 5.02 Å². The molecular formula is C22H31ClN4O4. The van der Waals surface area contributed by atoms with E-state index < -0.39 is 5.41 Å². The van der Waals surface area contributed by atoms with Crippen LogP contribution in [-0.4, -0.2) is 109 Å². The van der Waals surface area contributed by atoms with E-state index in [0.29, 0.717) is 49.9 Å². The number of piperazine rings is 1. The molecule has 1 aromatic carbocycles. The molecule has 1 unspecified atom stereocenters. The molecule has 3 rings (SSSR count). The van der Waals surface area contributed by atoms with E-state index in [2.05, 4.69) is 4.90 Å². The predicted molar refractivity (Wildman–Crippen MR) is 118 cm³/mol. The molecule has 0 bridgehead atoms. The van der Waals surface area contributed by atoms with Crippen LogP contribution in [0.1, 0.15) is 18.4 Å². The van der Waals surface area contributed by atoms with Crippen molar-refractivity contribution in [2.24, 2.45) is 0 Å². The molecule has 170 valence electrons. The summed E-state index contributed by atoms with van der Waals surface area (Å²) in [5, 5.41) is 9.50. The van der Waals surface area contributed by atoms with E-state index in [1.807, 2.05) is 19.0 Å². The number of carbonyl (C=O) groups excluding carboxylic acids is 3. The van der Waals surface area contributed by atoms with E-state index >= 15 is 0 Å². The van der Waals surface area contributed by atoms with Crippen LogP contribution in [0.15, 0.2) is 24.3 Å². The van der Waals surface area contributed by atoms with Gasteiger partial charge in [-0.05, 0) is 25.7 Å². The van der Waals surface area contributed by atoms with Gasteiger partial charge >= 0.3 is 0 Å². The number of β-amino-alcohol motifs (C(OH)–C–C–N with tert-alkyl or cyclic N) is 1. The first-order valence-electron chi connectivity index (χ1n) is 10.6. The number of aliphatic hydroxyl groups excluding tert-OH is 1. The third kappa shape index (κ3) is 5.09. The molecule has 2 aliphatic rings. The fraction of sp³-hybridized carbons (Fsp3) is 0.591. The maximum Gasteiger partial charge on any atom is 0.240 e. The van der Waals surface area contributed by atoms with Crippen LogP contribution < -0.4 is 0 Å². The van der Waals surface area contributed by atoms with Gasteiger partial charge in [0.1, 0.15) is 0 Å². The molecule has 8 nitrogen and oxygen atoms in total. The largest absolute Gasteiger partial charge is 0.395 e. The van der Waals surface area contributed by atoms with Crippen molar-refractivity contribution in [3.05, 3.63) is 34.9 Å². The summed E-state index contributed by atoms with van der Waals surface area (Å²) >= 11 is 6.46. The fourth-order valence-electron chi connectivity index (χ4n) is 4.35. The number of carbonyl (C=O) groups is 3. The Bertz CT molecular complexity index is 825. The Morgan fingerprint density at radius 3 is 2.42 bits per heavy atom. The van der Waals surface area contributed by atoms with Crippen LogP contribution in [-0.2, 0) is 19.8 Å². The van der Waals surface area contributed by atoms with Crippen LogP contribution in [0, 0.1) is 0 Å². The number of hydrogen-bond donors (Lipinski definition) is 1. The normalized spacial score (nSPS) is 22.6. The number of halogens is 1. The quantitative estimate of drug-likeness (QED) is 0.578. The zero-order chi connectivity index (χ0) is 22.6. The maximum absolute atomic E-state index is 13.6. The van der Waals surface area contributed by atoms with Crippen LogP contribution in [0.3, 0.4) is 0 Å². The predicted octanol–water partition coefficient (Wildman–Crippen LogP) is 0.425. The Labute approximate surface area is 188 Å². The van der Waals surface area contributed by atoms with Crippen LogP contribution >= 0.6 is 11.6 Å². The number of nitrogens with zero attached hydrogens (tertiary/aromatic N) is 4. The Balaban J connectivity index is 1.85. The highest BCUT2D eigenvalue weighted by atomic mass is 35.5. The lowest BCUT2D eigenvalue weighted by Crippen LogP contribution is -2.51. The number of rotatable bonds is 8. The summed E-state index contributed by atoms with van der Waals surface area (Å²) in [7, 11) is 3.76. The molecule has 1 N–H and O–H groups in total. The monoisotopic (exact) mass is 450 g/mol. The molecule has 2 fully saturated rings. The Morgan fingerprint density at radius 1 is 1.13 bits per heavy atom. The zero-order valence-corrected chi connectivity index (χ0v) is 19.0. The summed E-state index contributed by atoms with van der Waals surface area (Å²) in [4.78, 5) is 46.7. The zero-order valence-electron chi connectivity index (χ0n) is 18.2. The van der Waals surface area contributed by atoms with Gasteiger partial charge in [-0.2, -0.15) is 0 Å². The fourth-order valence-corrected chi connectivity index (χ4v) is 4.67. The number of likely N-dealkylation sites (N-methyl/N-ethyl adjacent to an activating group) is 1. The Kier molecular flexibility index (Phi) is 7.69. The molecular weight excluding hydrogens is 420 g/mol. The first kappa shape index (κ1) is 23.7. The highest BCUT2D eigenvalue weighted by Gasteiger charge is 2.54. The minimum atomic E-state index is -1.28. The van der Waals surface area contributed by atoms with E-state index in [9.17, 15) is 14.4 Å². The van der Waals surface area contributed by atoms with Crippen molar-refractivity contribution in [1.29, 1.82) is 0 Å². The Hall–Kier alpha value is -2.00. The minimum absolute atomic E-state index is 0.0563. The molecule has 0 saturated carbocycles. The van der Waals surface area contributed by atoms with E-state index in [0.717, 1.165) is 0 Å². The molecule has 2 saturated heterocycles. The van der Waals surface area contributed by atoms with E-state index in [1.54, 1.807) is 29.2 Å². The Morgan fingerprint density at radius 2 is 1.81 bits per heavy atom. The molecule has 0 aromatic heterocycles. The lowest BCUT2D eigenvalue weighted by atomic mass is 9.75. The topological polar surface area (TPSA) is 84.4 Å². The summed E-state index contributed by atoms with van der Waals surface area (Å²) < 4.78 is 0. The average molecular weight is 451 g/mol. The van der Waals surface area contributed by atoms with Gasteiger partial charge in [0.05, 0.1) is 12.0 Å². The van der Waals surface area contributed by atoms with Crippen LogP contribution in [0.5, 0.6) is 0 Å². The number of aliphatic hydroxyl groups is 1. The van der Waals surface area contributed by atoms with Gasteiger partial charge in [-0.3, -0.25) is 24.2 Å². The van der Waals surface area contributed by atoms with Crippen molar-refractivity contribution in [3.63, 3.8) is 0 Å². The van der Waals surface area contributed by atoms with E-state index in [4.69, 9.17) is 16.7 Å². The second-order valence-corrected chi connectivity index (χ2v) is 8.92. The number of hydrogen-bond acceptors (Lipinski definition) is 6. The summed E-state index contributed by atoms with van der Waals surface area (Å²) in [6, 6.07) is 6.99. The standard InChI is InChI=1S/C22H31ClN4O4/c1-24(2)7-12-27-20(30)16-22(21(27)31,17-5-3-4-6-18(17)23)15-19(29)26-10-8-25(9-11-26)13-14-28/h3-6,28H,7-16H2,1-2H3. The van der Waals surface area contributed by atoms with Crippen molar-refractivity contribution in [1.82, 2.24) is 19.6 Å². The van der Waals surface area contributed by atoms with Gasteiger partial charge in [0.25, 0.3) is 0 Å². The van der Waals surface area contributed by atoms with Crippen molar-refractivity contribution >= 4 is 29.3 Å². The van der Waals surface area contributed by atoms with E-state index in [-0.39, 0.29) is 43.7 Å². The van der Waals surface area contributed by atoms with Gasteiger partial charge in [-0.25, -0.2) is 0 Å². The third-order valence-electron chi connectivity index (χ3n) is 6.16. The van der Waals surface area contributed by atoms with Crippen molar-refractivity contribution in [2.45, 2.75) is 18.3 Å². The first-order valence-corrected chi connectivity index (χ1v) is 11.0. The van der Waals surface area contributed by atoms with Gasteiger partial charge in [0, 0.05) is 63.7 Å². The first-order chi connectivity index (χ1) is 14.8. The smallest absolute Gasteiger partial charge is 0.240 e.